The number of hydrogen-bond donors (Lipinski definition) is 1. The molecule has 0 saturated heterocycles. The summed E-state index contributed by atoms with van der Waals surface area (Å²) < 4.78 is 17.3. The van der Waals surface area contributed by atoms with Crippen LogP contribution in [0.5, 0.6) is 0 Å². The van der Waals surface area contributed by atoms with Crippen molar-refractivity contribution in [3.05, 3.63) is 72.9 Å². The molecule has 0 aromatic rings. The van der Waals surface area contributed by atoms with Crippen LogP contribution in [0.1, 0.15) is 174 Å². The van der Waals surface area contributed by atoms with E-state index in [0.717, 1.165) is 77.0 Å². The molecule has 58 heavy (non-hydrogen) atoms. The van der Waals surface area contributed by atoms with Crippen molar-refractivity contribution in [2.75, 3.05) is 41.0 Å². The highest BCUT2D eigenvalue weighted by atomic mass is 16.6. The fourth-order valence-electron chi connectivity index (χ4n) is 6.35. The number of rotatable bonds is 40. The van der Waals surface area contributed by atoms with Gasteiger partial charge in [-0.2, -0.15) is 0 Å². The van der Waals surface area contributed by atoms with Crippen LogP contribution >= 0.6 is 0 Å². The van der Waals surface area contributed by atoms with Crippen molar-refractivity contribution in [3.8, 4) is 0 Å². The Bertz CT molecular complexity index is 1180. The van der Waals surface area contributed by atoms with Crippen molar-refractivity contribution >= 4 is 17.9 Å². The smallest absolute Gasteiger partial charge is 0.362 e. The molecule has 0 spiro atoms. The lowest BCUT2D eigenvalue weighted by molar-refractivity contribution is -0.887. The second-order valence-corrected chi connectivity index (χ2v) is 16.4. The van der Waals surface area contributed by atoms with Gasteiger partial charge in [-0.3, -0.25) is 9.59 Å². The number of allylic oxidation sites excluding steroid dienone is 12. The van der Waals surface area contributed by atoms with Crippen molar-refractivity contribution in [2.45, 2.75) is 187 Å². The highest BCUT2D eigenvalue weighted by Gasteiger charge is 2.31. The van der Waals surface area contributed by atoms with Crippen LogP contribution in [0.3, 0.4) is 0 Å². The van der Waals surface area contributed by atoms with Gasteiger partial charge in [0.25, 0.3) is 0 Å². The first-order valence-electron chi connectivity index (χ1n) is 23.0. The summed E-state index contributed by atoms with van der Waals surface area (Å²) in [5.41, 5.74) is 0. The zero-order chi connectivity index (χ0) is 42.8. The van der Waals surface area contributed by atoms with Gasteiger partial charge in [-0.25, -0.2) is 4.79 Å². The minimum absolute atomic E-state index is 0.0459. The molecule has 0 amide bonds. The lowest BCUT2D eigenvalue weighted by Gasteiger charge is -2.31. The standard InChI is InChI=1S/C50H85NO7/c1-6-8-10-12-14-16-18-20-22-24-25-27-28-30-32-34-36-38-40-48(52)57-45-46(44-56-43-42-47(50(54)55)51(3,4)5)58-49(53)41-39-37-35-33-31-29-26-23-21-19-17-15-13-11-9-7-2/h10,12,14,16,18,20,22-27,46-47H,6-9,11,13,15,17,19,21,28-45H2,1-5H3/p+1/b12-10+,16-14+,20-18+,24-22+,26-23+,27-25+. The molecule has 0 rings (SSSR count). The van der Waals surface area contributed by atoms with Crippen molar-refractivity contribution in [1.29, 1.82) is 0 Å². The maximum atomic E-state index is 12.7. The first-order chi connectivity index (χ1) is 28.1. The number of esters is 2. The van der Waals surface area contributed by atoms with Crippen molar-refractivity contribution in [3.63, 3.8) is 0 Å². The number of unbranched alkanes of at least 4 members (excludes halogenated alkanes) is 18. The first kappa shape index (κ1) is 54.8. The van der Waals surface area contributed by atoms with Crippen molar-refractivity contribution in [2.24, 2.45) is 0 Å². The van der Waals surface area contributed by atoms with E-state index in [4.69, 9.17) is 14.2 Å². The third-order valence-corrected chi connectivity index (χ3v) is 9.94. The molecule has 2 atom stereocenters. The summed E-state index contributed by atoms with van der Waals surface area (Å²) in [6, 6.07) is -0.623. The molecule has 0 aliphatic heterocycles. The Morgan fingerprint density at radius 1 is 0.517 bits per heavy atom. The number of likely N-dealkylation sites (N-methyl/N-ethyl adjacent to an activating group) is 1. The number of carbonyl (C=O) groups is 3. The third-order valence-electron chi connectivity index (χ3n) is 9.94. The van der Waals surface area contributed by atoms with Gasteiger partial charge in [0.2, 0.25) is 0 Å². The van der Waals surface area contributed by atoms with E-state index in [1.165, 1.54) is 64.2 Å². The van der Waals surface area contributed by atoms with Gasteiger partial charge in [-0.05, 0) is 57.8 Å². The average Bonchev–Trinajstić information content (AvgIpc) is 3.18. The number of carbonyl (C=O) groups excluding carboxylic acids is 2. The Labute approximate surface area is 355 Å². The van der Waals surface area contributed by atoms with Crippen LogP contribution in [-0.4, -0.2) is 80.6 Å². The Morgan fingerprint density at radius 2 is 0.966 bits per heavy atom. The second-order valence-electron chi connectivity index (χ2n) is 16.4. The van der Waals surface area contributed by atoms with E-state index in [1.54, 1.807) is 0 Å². The first-order valence-corrected chi connectivity index (χ1v) is 23.0. The van der Waals surface area contributed by atoms with Crippen LogP contribution in [0.25, 0.3) is 0 Å². The summed E-state index contributed by atoms with van der Waals surface area (Å²) in [7, 11) is 5.51. The predicted octanol–water partition coefficient (Wildman–Crippen LogP) is 12.7. The largest absolute Gasteiger partial charge is 0.477 e. The van der Waals surface area contributed by atoms with E-state index in [2.05, 4.69) is 50.3 Å². The van der Waals surface area contributed by atoms with Gasteiger partial charge in [0, 0.05) is 19.3 Å². The molecule has 2 unspecified atom stereocenters. The van der Waals surface area contributed by atoms with Crippen molar-refractivity contribution < 1.29 is 38.2 Å². The molecule has 0 heterocycles. The number of carboxylic acids is 1. The molecule has 8 nitrogen and oxygen atoms in total. The SMILES string of the molecule is CCC/C=C/C=C/C=C/C=C/C=C/CCCCCCCC(=O)OCC(COCCC(C(=O)O)[N+](C)(C)C)OC(=O)CCCCCCC/C=C/CCCCCCCCC. The van der Waals surface area contributed by atoms with E-state index in [9.17, 15) is 19.5 Å². The number of aliphatic carboxylic acids is 1. The molecular weight excluding hydrogens is 727 g/mol. The quantitative estimate of drug-likeness (QED) is 0.0216. The number of nitrogens with zero attached hydrogens (tertiary/aromatic N) is 1. The van der Waals surface area contributed by atoms with Gasteiger partial charge in [0.15, 0.2) is 12.1 Å². The van der Waals surface area contributed by atoms with E-state index >= 15 is 0 Å². The van der Waals surface area contributed by atoms with E-state index in [0.29, 0.717) is 19.3 Å². The Hall–Kier alpha value is -3.23. The van der Waals surface area contributed by atoms with Crippen LogP contribution in [0.2, 0.25) is 0 Å². The maximum absolute atomic E-state index is 12.7. The van der Waals surface area contributed by atoms with Gasteiger partial charge < -0.3 is 23.8 Å². The average molecular weight is 813 g/mol. The van der Waals surface area contributed by atoms with E-state index < -0.39 is 18.1 Å². The van der Waals surface area contributed by atoms with Crippen molar-refractivity contribution in [1.82, 2.24) is 0 Å². The van der Waals surface area contributed by atoms with Gasteiger partial charge in [0.1, 0.15) is 6.61 Å². The van der Waals surface area contributed by atoms with E-state index in [1.807, 2.05) is 57.6 Å². The molecule has 1 N–H and O–H groups in total. The second kappa shape index (κ2) is 40.5. The summed E-state index contributed by atoms with van der Waals surface area (Å²) in [4.78, 5) is 37.0. The Balaban J connectivity index is 4.41. The Morgan fingerprint density at radius 3 is 1.47 bits per heavy atom. The number of quaternary nitrogens is 1. The molecule has 0 aliphatic carbocycles. The van der Waals surface area contributed by atoms with Gasteiger partial charge in [-0.15, -0.1) is 0 Å². The molecule has 0 aliphatic rings. The van der Waals surface area contributed by atoms with Crippen LogP contribution < -0.4 is 0 Å². The summed E-state index contributed by atoms with van der Waals surface area (Å²) in [6.07, 6.45) is 50.8. The molecular formula is C50H86NO7+. The van der Waals surface area contributed by atoms with E-state index in [-0.39, 0.29) is 36.2 Å². The van der Waals surface area contributed by atoms with Gasteiger partial charge >= 0.3 is 17.9 Å². The lowest BCUT2D eigenvalue weighted by Crippen LogP contribution is -2.50. The third kappa shape index (κ3) is 38.3. The zero-order valence-electron chi connectivity index (χ0n) is 37.7. The number of hydrogen-bond acceptors (Lipinski definition) is 6. The summed E-state index contributed by atoms with van der Waals surface area (Å²) in [6.45, 7) is 4.60. The molecule has 332 valence electrons. The van der Waals surface area contributed by atoms with Crippen LogP contribution in [0.4, 0.5) is 0 Å². The zero-order valence-corrected chi connectivity index (χ0v) is 37.7. The molecule has 0 fully saturated rings. The minimum atomic E-state index is -0.883. The molecule has 0 radical (unpaired) electrons. The highest BCUT2D eigenvalue weighted by Crippen LogP contribution is 2.13. The molecule has 0 aromatic heterocycles. The minimum Gasteiger partial charge on any atom is -0.477 e. The van der Waals surface area contributed by atoms with Gasteiger partial charge in [-0.1, -0.05) is 170 Å². The monoisotopic (exact) mass is 813 g/mol. The normalized spacial score (nSPS) is 13.6. The number of carboxylic acid groups (broad SMARTS) is 1. The molecule has 0 bridgehead atoms. The summed E-state index contributed by atoms with van der Waals surface area (Å²) in [5, 5.41) is 9.63. The molecule has 8 heteroatoms. The summed E-state index contributed by atoms with van der Waals surface area (Å²) >= 11 is 0. The number of ether oxygens (including phenoxy) is 3. The Kier molecular flexibility index (Phi) is 38.3. The fourth-order valence-corrected chi connectivity index (χ4v) is 6.35. The highest BCUT2D eigenvalue weighted by molar-refractivity contribution is 5.72. The summed E-state index contributed by atoms with van der Waals surface area (Å²) in [5.74, 6) is -1.52. The fraction of sp³-hybridized carbons (Fsp3) is 0.700. The van der Waals surface area contributed by atoms with Crippen LogP contribution in [0.15, 0.2) is 72.9 Å². The maximum Gasteiger partial charge on any atom is 0.362 e. The topological polar surface area (TPSA) is 99.1 Å². The van der Waals surface area contributed by atoms with Gasteiger partial charge in [0.05, 0.1) is 34.4 Å². The van der Waals surface area contributed by atoms with Crippen LogP contribution in [0, 0.1) is 0 Å². The predicted molar refractivity (Wildman–Crippen MR) is 243 cm³/mol. The molecule has 0 aromatic carbocycles. The molecule has 0 saturated carbocycles. The lowest BCUT2D eigenvalue weighted by atomic mass is 10.1. The van der Waals surface area contributed by atoms with Crippen LogP contribution in [-0.2, 0) is 28.6 Å².